The zero-order chi connectivity index (χ0) is 12.9. The molecule has 2 aliphatic rings. The molecule has 0 bridgehead atoms. The van der Waals surface area contributed by atoms with Crippen molar-refractivity contribution in [2.45, 2.75) is 31.8 Å². The summed E-state index contributed by atoms with van der Waals surface area (Å²) in [6.45, 7) is 6.16. The molecule has 2 aliphatic heterocycles. The first-order chi connectivity index (χ1) is 9.42. The topological polar surface area (TPSA) is 24.5 Å². The monoisotopic (exact) mass is 260 g/mol. The van der Waals surface area contributed by atoms with Crippen molar-refractivity contribution in [1.29, 1.82) is 0 Å². The van der Waals surface area contributed by atoms with Crippen LogP contribution in [0.25, 0.3) is 0 Å². The maximum atomic E-state index is 5.42. The van der Waals surface area contributed by atoms with Gasteiger partial charge in [0.15, 0.2) is 0 Å². The largest absolute Gasteiger partial charge is 0.379 e. The molecule has 0 spiro atoms. The van der Waals surface area contributed by atoms with E-state index in [9.17, 15) is 0 Å². The standard InChI is InChI=1S/C16H24N2O/c1-2-5-15(13-18-8-10-19-11-9-18)14(4-1)12-16-6-3-7-17-16/h1-2,4-5,16-17H,3,6-13H2. The van der Waals surface area contributed by atoms with Gasteiger partial charge >= 0.3 is 0 Å². The molecule has 2 fully saturated rings. The minimum Gasteiger partial charge on any atom is -0.379 e. The molecule has 1 aromatic carbocycles. The molecule has 104 valence electrons. The number of rotatable bonds is 4. The van der Waals surface area contributed by atoms with E-state index in [0.29, 0.717) is 6.04 Å². The smallest absolute Gasteiger partial charge is 0.0594 e. The van der Waals surface area contributed by atoms with Crippen LogP contribution >= 0.6 is 0 Å². The van der Waals surface area contributed by atoms with Gasteiger partial charge in [0, 0.05) is 25.7 Å². The van der Waals surface area contributed by atoms with Crippen LogP contribution in [0.3, 0.4) is 0 Å². The lowest BCUT2D eigenvalue weighted by molar-refractivity contribution is 0.0340. The maximum Gasteiger partial charge on any atom is 0.0594 e. The summed E-state index contributed by atoms with van der Waals surface area (Å²) in [5.41, 5.74) is 3.02. The molecule has 0 saturated carbocycles. The second kappa shape index (κ2) is 6.51. The Hall–Kier alpha value is -0.900. The van der Waals surface area contributed by atoms with E-state index in [1.54, 1.807) is 0 Å². The van der Waals surface area contributed by atoms with E-state index in [4.69, 9.17) is 4.74 Å². The average molecular weight is 260 g/mol. The van der Waals surface area contributed by atoms with E-state index in [-0.39, 0.29) is 0 Å². The molecule has 0 aromatic heterocycles. The Labute approximate surface area is 115 Å². The lowest BCUT2D eigenvalue weighted by atomic mass is 9.99. The van der Waals surface area contributed by atoms with Gasteiger partial charge in [-0.25, -0.2) is 0 Å². The number of hydrogen-bond donors (Lipinski definition) is 1. The SMILES string of the molecule is c1ccc(CN2CCOCC2)c(CC2CCCN2)c1. The molecular formula is C16H24N2O. The van der Waals surface area contributed by atoms with E-state index >= 15 is 0 Å². The minimum absolute atomic E-state index is 0.686. The fourth-order valence-electron chi connectivity index (χ4n) is 3.11. The highest BCUT2D eigenvalue weighted by atomic mass is 16.5. The first-order valence-corrected chi connectivity index (χ1v) is 7.52. The van der Waals surface area contributed by atoms with Crippen LogP contribution in [0.1, 0.15) is 24.0 Å². The summed E-state index contributed by atoms with van der Waals surface area (Å²) in [5, 5.41) is 3.60. The zero-order valence-electron chi connectivity index (χ0n) is 11.6. The quantitative estimate of drug-likeness (QED) is 0.893. The summed E-state index contributed by atoms with van der Waals surface area (Å²) in [6.07, 6.45) is 3.84. The van der Waals surface area contributed by atoms with Crippen LogP contribution in [-0.2, 0) is 17.7 Å². The lowest BCUT2D eigenvalue weighted by Crippen LogP contribution is -2.36. The minimum atomic E-state index is 0.686. The summed E-state index contributed by atoms with van der Waals surface area (Å²) < 4.78 is 5.42. The summed E-state index contributed by atoms with van der Waals surface area (Å²) in [5.74, 6) is 0. The van der Waals surface area contributed by atoms with Gasteiger partial charge in [0.1, 0.15) is 0 Å². The highest BCUT2D eigenvalue weighted by Crippen LogP contribution is 2.18. The van der Waals surface area contributed by atoms with Gasteiger partial charge in [-0.3, -0.25) is 4.90 Å². The lowest BCUT2D eigenvalue weighted by Gasteiger charge is -2.27. The molecule has 2 heterocycles. The van der Waals surface area contributed by atoms with Gasteiger partial charge in [-0.05, 0) is 36.9 Å². The van der Waals surface area contributed by atoms with Gasteiger partial charge in [-0.1, -0.05) is 24.3 Å². The third kappa shape index (κ3) is 3.56. The fourth-order valence-corrected chi connectivity index (χ4v) is 3.11. The molecule has 1 atom stereocenters. The second-order valence-electron chi connectivity index (χ2n) is 5.65. The van der Waals surface area contributed by atoms with E-state index in [2.05, 4.69) is 34.5 Å². The Kier molecular flexibility index (Phi) is 4.49. The van der Waals surface area contributed by atoms with Crippen LogP contribution in [0.5, 0.6) is 0 Å². The predicted octanol–water partition coefficient (Wildman–Crippen LogP) is 1.81. The summed E-state index contributed by atoms with van der Waals surface area (Å²) in [4.78, 5) is 2.50. The van der Waals surface area contributed by atoms with Crippen molar-refractivity contribution in [3.05, 3.63) is 35.4 Å². The highest BCUT2D eigenvalue weighted by molar-refractivity contribution is 5.28. The Morgan fingerprint density at radius 2 is 1.95 bits per heavy atom. The summed E-state index contributed by atoms with van der Waals surface area (Å²) in [6, 6.07) is 9.62. The van der Waals surface area contributed by atoms with Crippen molar-refractivity contribution in [3.63, 3.8) is 0 Å². The zero-order valence-corrected chi connectivity index (χ0v) is 11.6. The number of morpholine rings is 1. The van der Waals surface area contributed by atoms with Crippen LogP contribution in [-0.4, -0.2) is 43.8 Å². The van der Waals surface area contributed by atoms with E-state index in [1.165, 1.54) is 36.9 Å². The van der Waals surface area contributed by atoms with Crippen molar-refractivity contribution < 1.29 is 4.74 Å². The number of ether oxygens (including phenoxy) is 1. The molecule has 1 aromatic rings. The first-order valence-electron chi connectivity index (χ1n) is 7.52. The van der Waals surface area contributed by atoms with Crippen LogP contribution in [0, 0.1) is 0 Å². The number of benzene rings is 1. The fraction of sp³-hybridized carbons (Fsp3) is 0.625. The highest BCUT2D eigenvalue weighted by Gasteiger charge is 2.17. The Morgan fingerprint density at radius 3 is 2.68 bits per heavy atom. The molecule has 3 heteroatoms. The van der Waals surface area contributed by atoms with Crippen LogP contribution < -0.4 is 5.32 Å². The van der Waals surface area contributed by atoms with E-state index in [1.807, 2.05) is 0 Å². The predicted molar refractivity (Wildman–Crippen MR) is 77.3 cm³/mol. The van der Waals surface area contributed by atoms with Crippen molar-refractivity contribution >= 4 is 0 Å². The molecule has 0 radical (unpaired) electrons. The molecule has 0 aliphatic carbocycles. The molecule has 0 amide bonds. The Bertz CT molecular complexity index is 395. The van der Waals surface area contributed by atoms with Crippen LogP contribution in [0.2, 0.25) is 0 Å². The van der Waals surface area contributed by atoms with Crippen LogP contribution in [0.4, 0.5) is 0 Å². The van der Waals surface area contributed by atoms with Gasteiger partial charge in [0.05, 0.1) is 13.2 Å². The Morgan fingerprint density at radius 1 is 1.16 bits per heavy atom. The van der Waals surface area contributed by atoms with Crippen molar-refractivity contribution in [2.24, 2.45) is 0 Å². The molecule has 19 heavy (non-hydrogen) atoms. The molecule has 1 N–H and O–H groups in total. The van der Waals surface area contributed by atoms with Crippen molar-refractivity contribution in [2.75, 3.05) is 32.8 Å². The molecule has 3 nitrogen and oxygen atoms in total. The van der Waals surface area contributed by atoms with Gasteiger partial charge in [0.25, 0.3) is 0 Å². The average Bonchev–Trinajstić information content (AvgIpc) is 2.95. The second-order valence-corrected chi connectivity index (χ2v) is 5.65. The Balaban J connectivity index is 1.65. The van der Waals surface area contributed by atoms with Gasteiger partial charge in [0.2, 0.25) is 0 Å². The molecule has 2 saturated heterocycles. The van der Waals surface area contributed by atoms with Gasteiger partial charge in [-0.2, -0.15) is 0 Å². The normalized spacial score (nSPS) is 24.7. The summed E-state index contributed by atoms with van der Waals surface area (Å²) in [7, 11) is 0. The summed E-state index contributed by atoms with van der Waals surface area (Å²) >= 11 is 0. The van der Waals surface area contributed by atoms with Crippen molar-refractivity contribution in [3.8, 4) is 0 Å². The van der Waals surface area contributed by atoms with Gasteiger partial charge < -0.3 is 10.1 Å². The van der Waals surface area contributed by atoms with Crippen LogP contribution in [0.15, 0.2) is 24.3 Å². The number of nitrogens with one attached hydrogen (secondary N) is 1. The van der Waals surface area contributed by atoms with E-state index in [0.717, 1.165) is 32.8 Å². The maximum absolute atomic E-state index is 5.42. The molecule has 1 unspecified atom stereocenters. The third-order valence-electron chi connectivity index (χ3n) is 4.24. The third-order valence-corrected chi connectivity index (χ3v) is 4.24. The number of hydrogen-bond acceptors (Lipinski definition) is 3. The van der Waals surface area contributed by atoms with E-state index < -0.39 is 0 Å². The molecule has 3 rings (SSSR count). The van der Waals surface area contributed by atoms with Gasteiger partial charge in [-0.15, -0.1) is 0 Å². The number of nitrogens with zero attached hydrogens (tertiary/aromatic N) is 1. The first kappa shape index (κ1) is 13.1. The van der Waals surface area contributed by atoms with Crippen molar-refractivity contribution in [1.82, 2.24) is 10.2 Å². The molecular weight excluding hydrogens is 236 g/mol.